The van der Waals surface area contributed by atoms with Gasteiger partial charge in [-0.1, -0.05) is 29.5 Å². The number of aromatic nitrogens is 1. The zero-order valence-electron chi connectivity index (χ0n) is 15.5. The molecule has 0 saturated carbocycles. The molecule has 1 atom stereocenters. The molecule has 28 heavy (non-hydrogen) atoms. The molecule has 0 spiro atoms. The number of aryl methyl sites for hydroxylation is 2. The Morgan fingerprint density at radius 1 is 1.21 bits per heavy atom. The molecule has 0 saturated heterocycles. The first-order valence-corrected chi connectivity index (χ1v) is 9.73. The molecule has 142 valence electrons. The average molecular weight is 394 g/mol. The number of rotatable bonds is 3. The van der Waals surface area contributed by atoms with Crippen LogP contribution in [0.3, 0.4) is 0 Å². The molecule has 2 heterocycles. The van der Waals surface area contributed by atoms with Crippen LogP contribution in [0, 0.1) is 13.8 Å². The highest BCUT2D eigenvalue weighted by atomic mass is 32.1. The summed E-state index contributed by atoms with van der Waals surface area (Å²) in [5.74, 6) is -0.139. The zero-order chi connectivity index (χ0) is 19.7. The van der Waals surface area contributed by atoms with E-state index in [1.54, 1.807) is 0 Å². The standard InChI is InChI=1S/C20H19N5O2S/c1-11-7-8-13(9-12(11)2)21-18(27)15-10-17(26)24-19(22-15)25-20-23-14-5-3-4-6-16(14)28-20/h3-9,15H,10H2,1-2H3,(H,21,27)(H2,22,23,24,25,26)/p+1/t15-/m0/s1. The van der Waals surface area contributed by atoms with E-state index in [0.717, 1.165) is 21.3 Å². The molecule has 0 unspecified atom stereocenters. The summed E-state index contributed by atoms with van der Waals surface area (Å²) in [6.45, 7) is 4.01. The van der Waals surface area contributed by atoms with Crippen LogP contribution >= 0.6 is 11.3 Å². The summed E-state index contributed by atoms with van der Waals surface area (Å²) in [4.78, 5) is 32.3. The molecule has 2 amide bonds. The average Bonchev–Trinajstić information content (AvgIpc) is 3.06. The fourth-order valence-corrected chi connectivity index (χ4v) is 3.81. The van der Waals surface area contributed by atoms with Gasteiger partial charge in [0.2, 0.25) is 0 Å². The highest BCUT2D eigenvalue weighted by molar-refractivity contribution is 7.22. The van der Waals surface area contributed by atoms with E-state index in [1.807, 2.05) is 56.3 Å². The van der Waals surface area contributed by atoms with Crippen LogP contribution in [0.15, 0.2) is 42.5 Å². The van der Waals surface area contributed by atoms with E-state index >= 15 is 0 Å². The molecule has 0 bridgehead atoms. The van der Waals surface area contributed by atoms with Crippen LogP contribution in [-0.2, 0) is 9.59 Å². The Kier molecular flexibility index (Phi) is 4.79. The van der Waals surface area contributed by atoms with Gasteiger partial charge in [0.1, 0.15) is 0 Å². The molecule has 0 radical (unpaired) electrons. The van der Waals surface area contributed by atoms with Crippen LogP contribution in [0.2, 0.25) is 0 Å². The Labute approximate surface area is 165 Å². The molecule has 4 N–H and O–H groups in total. The van der Waals surface area contributed by atoms with Crippen molar-refractivity contribution in [1.29, 1.82) is 0 Å². The smallest absolute Gasteiger partial charge is 0.323 e. The van der Waals surface area contributed by atoms with Crippen molar-refractivity contribution in [3.63, 3.8) is 0 Å². The third-order valence-corrected chi connectivity index (χ3v) is 5.54. The van der Waals surface area contributed by atoms with Gasteiger partial charge >= 0.3 is 5.96 Å². The number of anilines is 2. The van der Waals surface area contributed by atoms with Gasteiger partial charge in [0.05, 0.1) is 16.6 Å². The van der Waals surface area contributed by atoms with Gasteiger partial charge in [-0.2, -0.15) is 0 Å². The molecule has 1 aromatic heterocycles. The summed E-state index contributed by atoms with van der Waals surface area (Å²) in [5, 5.41) is 9.29. The molecular formula is C20H20N5O2S+. The summed E-state index contributed by atoms with van der Waals surface area (Å²) in [5.41, 5.74) is 3.84. The van der Waals surface area contributed by atoms with Crippen molar-refractivity contribution < 1.29 is 14.6 Å². The normalized spacial score (nSPS) is 16.4. The van der Waals surface area contributed by atoms with Crippen molar-refractivity contribution in [2.45, 2.75) is 26.3 Å². The topological polar surface area (TPSA) is 97.1 Å². The van der Waals surface area contributed by atoms with Crippen molar-refractivity contribution in [1.82, 2.24) is 10.3 Å². The Balaban J connectivity index is 1.51. The lowest BCUT2D eigenvalue weighted by Crippen LogP contribution is -2.89. The minimum Gasteiger partial charge on any atom is -0.323 e. The minimum atomic E-state index is -0.674. The molecule has 0 aliphatic carbocycles. The SMILES string of the molecule is Cc1ccc(NC(=O)[C@@H]2CC(=O)NC(Nc3nc4ccccc4s3)=[NH+]2)cc1C. The largest absolute Gasteiger partial charge is 0.358 e. The maximum absolute atomic E-state index is 12.6. The summed E-state index contributed by atoms with van der Waals surface area (Å²) >= 11 is 1.47. The van der Waals surface area contributed by atoms with E-state index < -0.39 is 6.04 Å². The lowest BCUT2D eigenvalue weighted by atomic mass is 10.1. The first kappa shape index (κ1) is 18.1. The highest BCUT2D eigenvalue weighted by Crippen LogP contribution is 2.25. The molecule has 1 aliphatic heterocycles. The molecule has 7 nitrogen and oxygen atoms in total. The number of para-hydroxylation sites is 1. The van der Waals surface area contributed by atoms with Crippen LogP contribution in [0.1, 0.15) is 17.5 Å². The van der Waals surface area contributed by atoms with Gasteiger partial charge in [-0.25, -0.2) is 15.6 Å². The lowest BCUT2D eigenvalue weighted by molar-refractivity contribution is -0.490. The van der Waals surface area contributed by atoms with E-state index in [-0.39, 0.29) is 18.2 Å². The summed E-state index contributed by atoms with van der Waals surface area (Å²) in [6.07, 6.45) is 0.0572. The van der Waals surface area contributed by atoms with Crippen molar-refractivity contribution in [3.05, 3.63) is 53.6 Å². The number of hydrogen-bond acceptors (Lipinski definition) is 5. The Hall–Kier alpha value is -3.26. The monoisotopic (exact) mass is 394 g/mol. The van der Waals surface area contributed by atoms with Gasteiger partial charge in [-0.05, 0) is 49.2 Å². The van der Waals surface area contributed by atoms with Gasteiger partial charge in [-0.15, -0.1) is 0 Å². The van der Waals surface area contributed by atoms with E-state index in [9.17, 15) is 9.59 Å². The fraction of sp³-hybridized carbons (Fsp3) is 0.200. The quantitative estimate of drug-likeness (QED) is 0.538. The lowest BCUT2D eigenvalue weighted by Gasteiger charge is -2.16. The van der Waals surface area contributed by atoms with E-state index in [0.29, 0.717) is 16.8 Å². The van der Waals surface area contributed by atoms with Crippen LogP contribution in [0.25, 0.3) is 10.2 Å². The second kappa shape index (κ2) is 7.40. The number of nitrogens with one attached hydrogen (secondary N) is 4. The minimum absolute atomic E-state index is 0.0572. The fourth-order valence-electron chi connectivity index (χ4n) is 2.94. The molecule has 1 aliphatic rings. The maximum atomic E-state index is 12.6. The number of fused-ring (bicyclic) bond motifs is 1. The predicted octanol–water partition coefficient (Wildman–Crippen LogP) is 1.29. The van der Waals surface area contributed by atoms with E-state index in [1.165, 1.54) is 11.3 Å². The Morgan fingerprint density at radius 3 is 2.82 bits per heavy atom. The first-order valence-electron chi connectivity index (χ1n) is 8.92. The number of hydrogen-bond donors (Lipinski definition) is 4. The van der Waals surface area contributed by atoms with Gasteiger partial charge in [0.15, 0.2) is 6.04 Å². The zero-order valence-corrected chi connectivity index (χ0v) is 16.3. The number of thiazole rings is 1. The first-order chi connectivity index (χ1) is 13.5. The Bertz CT molecular complexity index is 1070. The number of carbonyl (C=O) groups is 2. The predicted molar refractivity (Wildman–Crippen MR) is 110 cm³/mol. The van der Waals surface area contributed by atoms with Crippen molar-refractivity contribution in [2.75, 3.05) is 10.6 Å². The van der Waals surface area contributed by atoms with Crippen LogP contribution in [-0.4, -0.2) is 28.8 Å². The second-order valence-electron chi connectivity index (χ2n) is 6.72. The van der Waals surface area contributed by atoms with Gasteiger partial charge in [-0.3, -0.25) is 14.6 Å². The van der Waals surface area contributed by atoms with Crippen molar-refractivity contribution >= 4 is 50.1 Å². The van der Waals surface area contributed by atoms with Gasteiger partial charge in [0, 0.05) is 5.69 Å². The molecule has 3 aromatic rings. The molecular weight excluding hydrogens is 374 g/mol. The third-order valence-electron chi connectivity index (χ3n) is 4.59. The Morgan fingerprint density at radius 2 is 2.04 bits per heavy atom. The number of nitrogens with zero attached hydrogens (tertiary/aromatic N) is 1. The van der Waals surface area contributed by atoms with Crippen LogP contribution in [0.5, 0.6) is 0 Å². The molecule has 4 rings (SSSR count). The number of benzene rings is 2. The summed E-state index contributed by atoms with van der Waals surface area (Å²) in [7, 11) is 0. The summed E-state index contributed by atoms with van der Waals surface area (Å²) < 4.78 is 1.04. The van der Waals surface area contributed by atoms with Crippen molar-refractivity contribution in [3.8, 4) is 0 Å². The molecule has 0 fully saturated rings. The molecule has 2 aromatic carbocycles. The van der Waals surface area contributed by atoms with Crippen molar-refractivity contribution in [2.24, 2.45) is 0 Å². The van der Waals surface area contributed by atoms with Gasteiger partial charge < -0.3 is 5.32 Å². The number of carbonyl (C=O) groups excluding carboxylic acids is 2. The molecule has 8 heteroatoms. The number of amides is 2. The van der Waals surface area contributed by atoms with E-state index in [2.05, 4.69) is 25.9 Å². The summed E-state index contributed by atoms with van der Waals surface area (Å²) in [6, 6.07) is 12.8. The maximum Gasteiger partial charge on any atom is 0.358 e. The van der Waals surface area contributed by atoms with Gasteiger partial charge in [0.25, 0.3) is 16.9 Å². The number of guanidine groups is 1. The van der Waals surface area contributed by atoms with Crippen LogP contribution < -0.4 is 20.9 Å². The highest BCUT2D eigenvalue weighted by Gasteiger charge is 2.31. The third kappa shape index (κ3) is 3.86. The van der Waals surface area contributed by atoms with E-state index in [4.69, 9.17) is 0 Å². The second-order valence-corrected chi connectivity index (χ2v) is 7.75. The van der Waals surface area contributed by atoms with Crippen LogP contribution in [0.4, 0.5) is 10.8 Å².